The Morgan fingerprint density at radius 3 is 2.69 bits per heavy atom. The van der Waals surface area contributed by atoms with Gasteiger partial charge >= 0.3 is 0 Å². The first-order valence-electron chi connectivity index (χ1n) is 9.46. The van der Waals surface area contributed by atoms with Crippen LogP contribution < -0.4 is 10.1 Å². The van der Waals surface area contributed by atoms with Crippen LogP contribution in [-0.2, 0) is 14.3 Å². The summed E-state index contributed by atoms with van der Waals surface area (Å²) in [5, 5.41) is 7.68. The summed E-state index contributed by atoms with van der Waals surface area (Å²) < 4.78 is 17.8. The minimum atomic E-state index is -0.631. The van der Waals surface area contributed by atoms with E-state index < -0.39 is 6.10 Å². The largest absolute Gasteiger partial charge is 0.497 e. The predicted molar refractivity (Wildman–Crippen MR) is 109 cm³/mol. The summed E-state index contributed by atoms with van der Waals surface area (Å²) in [6, 6.07) is 17.4. The highest BCUT2D eigenvalue weighted by atomic mass is 16.6. The predicted octanol–water partition coefficient (Wildman–Crippen LogP) is 3.21. The third kappa shape index (κ3) is 4.31. The summed E-state index contributed by atoms with van der Waals surface area (Å²) in [4.78, 5) is 12.7. The molecule has 2 heterocycles. The number of nitrogens with zero attached hydrogens (tertiary/aromatic N) is 2. The van der Waals surface area contributed by atoms with Gasteiger partial charge in [0.2, 0.25) is 0 Å². The van der Waals surface area contributed by atoms with Crippen molar-refractivity contribution in [1.82, 2.24) is 9.78 Å². The van der Waals surface area contributed by atoms with Crippen LogP contribution in [-0.4, -0.2) is 48.7 Å². The maximum Gasteiger partial charge on any atom is 0.257 e. The topological polar surface area (TPSA) is 74.6 Å². The molecule has 1 aliphatic heterocycles. The summed E-state index contributed by atoms with van der Waals surface area (Å²) in [7, 11) is 1.63. The fourth-order valence-corrected chi connectivity index (χ4v) is 3.18. The number of nitrogens with one attached hydrogen (secondary N) is 1. The van der Waals surface area contributed by atoms with Crippen molar-refractivity contribution in [2.45, 2.75) is 13.0 Å². The van der Waals surface area contributed by atoms with Crippen LogP contribution in [0, 0.1) is 6.92 Å². The molecule has 1 saturated heterocycles. The molecule has 1 amide bonds. The number of rotatable bonds is 5. The summed E-state index contributed by atoms with van der Waals surface area (Å²) in [6.07, 6.45) is -0.631. The van der Waals surface area contributed by atoms with Crippen LogP contribution in [0.2, 0.25) is 0 Å². The molecule has 0 radical (unpaired) electrons. The number of hydrogen-bond acceptors (Lipinski definition) is 5. The summed E-state index contributed by atoms with van der Waals surface area (Å²) in [6.45, 7) is 3.18. The first-order valence-corrected chi connectivity index (χ1v) is 9.46. The number of amides is 1. The fourth-order valence-electron chi connectivity index (χ4n) is 3.18. The van der Waals surface area contributed by atoms with Gasteiger partial charge in [-0.2, -0.15) is 5.10 Å². The third-order valence-electron chi connectivity index (χ3n) is 4.70. The van der Waals surface area contributed by atoms with Gasteiger partial charge in [0, 0.05) is 11.6 Å². The minimum absolute atomic E-state index is 0.246. The Bertz CT molecular complexity index is 992. The van der Waals surface area contributed by atoms with Gasteiger partial charge in [0.05, 0.1) is 38.3 Å². The molecule has 2 aromatic carbocycles. The molecule has 1 aromatic heterocycles. The van der Waals surface area contributed by atoms with Crippen molar-refractivity contribution in [2.75, 3.05) is 32.2 Å². The SMILES string of the molecule is COc1ccc(-c2cc(NC(=O)C3COCCO3)n(-c3cccc(C)c3)n2)cc1. The number of ether oxygens (including phenoxy) is 3. The first-order chi connectivity index (χ1) is 14.1. The van der Waals surface area contributed by atoms with Crippen molar-refractivity contribution >= 4 is 11.7 Å². The molecule has 1 fully saturated rings. The molecule has 7 nitrogen and oxygen atoms in total. The highest BCUT2D eigenvalue weighted by molar-refractivity contribution is 5.94. The number of anilines is 1. The highest BCUT2D eigenvalue weighted by Gasteiger charge is 2.24. The molecule has 0 bridgehead atoms. The average Bonchev–Trinajstić information content (AvgIpc) is 3.18. The maximum atomic E-state index is 12.7. The van der Waals surface area contributed by atoms with E-state index in [9.17, 15) is 4.79 Å². The van der Waals surface area contributed by atoms with E-state index in [1.807, 2.05) is 61.5 Å². The lowest BCUT2D eigenvalue weighted by molar-refractivity contribution is -0.142. The van der Waals surface area contributed by atoms with Gasteiger partial charge in [0.1, 0.15) is 11.6 Å². The van der Waals surface area contributed by atoms with Crippen LogP contribution in [0.15, 0.2) is 54.6 Å². The number of methoxy groups -OCH3 is 1. The lowest BCUT2D eigenvalue weighted by atomic mass is 10.1. The summed E-state index contributed by atoms with van der Waals surface area (Å²) >= 11 is 0. The van der Waals surface area contributed by atoms with Gasteiger partial charge in [-0.1, -0.05) is 12.1 Å². The van der Waals surface area contributed by atoms with Gasteiger partial charge in [-0.3, -0.25) is 4.79 Å². The Balaban J connectivity index is 1.69. The quantitative estimate of drug-likeness (QED) is 0.721. The van der Waals surface area contributed by atoms with Crippen molar-refractivity contribution in [3.05, 3.63) is 60.2 Å². The van der Waals surface area contributed by atoms with Gasteiger partial charge in [-0.25, -0.2) is 4.68 Å². The van der Waals surface area contributed by atoms with E-state index in [0.717, 1.165) is 28.3 Å². The molecule has 29 heavy (non-hydrogen) atoms. The molecule has 1 N–H and O–H groups in total. The van der Waals surface area contributed by atoms with Crippen molar-refractivity contribution in [3.8, 4) is 22.7 Å². The Hall–Kier alpha value is -3.16. The number of hydrogen-bond donors (Lipinski definition) is 1. The molecule has 0 aliphatic carbocycles. The number of aryl methyl sites for hydroxylation is 1. The lowest BCUT2D eigenvalue weighted by Crippen LogP contribution is -2.39. The molecule has 1 aliphatic rings. The standard InChI is InChI=1S/C22H23N3O4/c1-15-4-3-5-17(12-15)25-21(23-22(26)20-14-28-10-11-29-20)13-19(24-25)16-6-8-18(27-2)9-7-16/h3-9,12-13,20H,10-11,14H2,1-2H3,(H,23,26). The minimum Gasteiger partial charge on any atom is -0.497 e. The van der Waals surface area contributed by atoms with E-state index in [1.54, 1.807) is 11.8 Å². The van der Waals surface area contributed by atoms with Gasteiger partial charge in [0.15, 0.2) is 6.10 Å². The van der Waals surface area contributed by atoms with Crippen LogP contribution >= 0.6 is 0 Å². The zero-order valence-corrected chi connectivity index (χ0v) is 16.4. The third-order valence-corrected chi connectivity index (χ3v) is 4.70. The number of benzene rings is 2. The van der Waals surface area contributed by atoms with E-state index in [1.165, 1.54) is 0 Å². The van der Waals surface area contributed by atoms with E-state index in [-0.39, 0.29) is 12.5 Å². The molecule has 0 saturated carbocycles. The van der Waals surface area contributed by atoms with Crippen molar-refractivity contribution in [1.29, 1.82) is 0 Å². The Kier molecular flexibility index (Phi) is 5.59. The van der Waals surface area contributed by atoms with Gasteiger partial charge in [-0.15, -0.1) is 0 Å². The second-order valence-electron chi connectivity index (χ2n) is 6.82. The van der Waals surface area contributed by atoms with Crippen LogP contribution in [0.1, 0.15) is 5.56 Å². The van der Waals surface area contributed by atoms with Gasteiger partial charge in [-0.05, 0) is 48.9 Å². The molecular formula is C22H23N3O4. The zero-order valence-electron chi connectivity index (χ0n) is 16.4. The molecule has 7 heteroatoms. The average molecular weight is 393 g/mol. The highest BCUT2D eigenvalue weighted by Crippen LogP contribution is 2.27. The Morgan fingerprint density at radius 1 is 1.17 bits per heavy atom. The molecule has 4 rings (SSSR count). The van der Waals surface area contributed by atoms with Crippen LogP contribution in [0.5, 0.6) is 5.75 Å². The zero-order chi connectivity index (χ0) is 20.2. The fraction of sp³-hybridized carbons (Fsp3) is 0.273. The van der Waals surface area contributed by atoms with Crippen LogP contribution in [0.3, 0.4) is 0 Å². The van der Waals surface area contributed by atoms with Gasteiger partial charge in [0.25, 0.3) is 5.91 Å². The molecule has 150 valence electrons. The van der Waals surface area contributed by atoms with Crippen molar-refractivity contribution in [3.63, 3.8) is 0 Å². The van der Waals surface area contributed by atoms with Crippen LogP contribution in [0.25, 0.3) is 16.9 Å². The van der Waals surface area contributed by atoms with E-state index in [2.05, 4.69) is 5.32 Å². The van der Waals surface area contributed by atoms with Crippen LogP contribution in [0.4, 0.5) is 5.82 Å². The lowest BCUT2D eigenvalue weighted by Gasteiger charge is -2.22. The van der Waals surface area contributed by atoms with Crippen molar-refractivity contribution < 1.29 is 19.0 Å². The Morgan fingerprint density at radius 2 is 2.00 bits per heavy atom. The number of carbonyl (C=O) groups excluding carboxylic acids is 1. The molecule has 1 unspecified atom stereocenters. The summed E-state index contributed by atoms with van der Waals surface area (Å²) in [5.74, 6) is 1.09. The maximum absolute atomic E-state index is 12.7. The second-order valence-corrected chi connectivity index (χ2v) is 6.82. The summed E-state index contributed by atoms with van der Waals surface area (Å²) in [5.41, 5.74) is 3.63. The Labute approximate surface area is 169 Å². The second kappa shape index (κ2) is 8.46. The number of carbonyl (C=O) groups is 1. The normalized spacial score (nSPS) is 16.4. The molecule has 1 atom stereocenters. The molecule has 3 aromatic rings. The van der Waals surface area contributed by atoms with E-state index >= 15 is 0 Å². The van der Waals surface area contributed by atoms with Gasteiger partial charge < -0.3 is 19.5 Å². The monoisotopic (exact) mass is 393 g/mol. The van der Waals surface area contributed by atoms with Crippen molar-refractivity contribution in [2.24, 2.45) is 0 Å². The first kappa shape index (κ1) is 19.2. The van der Waals surface area contributed by atoms with E-state index in [4.69, 9.17) is 19.3 Å². The number of aromatic nitrogens is 2. The smallest absolute Gasteiger partial charge is 0.257 e. The molecule has 0 spiro atoms. The van der Waals surface area contributed by atoms with E-state index in [0.29, 0.717) is 19.0 Å². The molecular weight excluding hydrogens is 370 g/mol.